The minimum Gasteiger partial charge on any atom is -0.488 e. The van der Waals surface area contributed by atoms with Gasteiger partial charge in [0.15, 0.2) is 0 Å². The van der Waals surface area contributed by atoms with Crippen LogP contribution in [-0.4, -0.2) is 34.1 Å². The van der Waals surface area contributed by atoms with Crippen LogP contribution < -0.4 is 4.74 Å². The second-order valence-electron chi connectivity index (χ2n) is 9.72. The third-order valence-corrected chi connectivity index (χ3v) is 5.45. The maximum absolute atomic E-state index is 13.0. The first kappa shape index (κ1) is 20.9. The molecule has 0 spiro atoms. The molecule has 3 nitrogen and oxygen atoms in total. The van der Waals surface area contributed by atoms with Crippen molar-refractivity contribution >= 4 is 10.9 Å². The molecule has 1 saturated heterocycles. The lowest BCUT2D eigenvalue weighted by Gasteiger charge is -2.42. The lowest BCUT2D eigenvalue weighted by Crippen LogP contribution is -2.49. The molecule has 1 aliphatic rings. The van der Waals surface area contributed by atoms with Crippen LogP contribution in [0.25, 0.3) is 10.9 Å². The summed E-state index contributed by atoms with van der Waals surface area (Å²) in [5.74, 6) is 0.590. The van der Waals surface area contributed by atoms with E-state index in [0.717, 1.165) is 25.1 Å². The van der Waals surface area contributed by atoms with Crippen molar-refractivity contribution < 1.29 is 17.9 Å². The molecule has 0 amide bonds. The zero-order valence-electron chi connectivity index (χ0n) is 17.4. The van der Waals surface area contributed by atoms with Crippen LogP contribution in [0.4, 0.5) is 13.2 Å². The fraction of sp³-hybridized carbons (Fsp3) is 0.591. The highest BCUT2D eigenvalue weighted by molar-refractivity contribution is 5.85. The molecule has 1 fully saturated rings. The van der Waals surface area contributed by atoms with E-state index in [0.29, 0.717) is 22.7 Å². The molecule has 0 bridgehead atoms. The Morgan fingerprint density at radius 2 is 1.71 bits per heavy atom. The molecule has 1 aromatic carbocycles. The normalized spacial score (nSPS) is 22.0. The number of alkyl halides is 3. The Bertz CT molecular complexity index is 827. The van der Waals surface area contributed by atoms with Crippen molar-refractivity contribution in [2.75, 3.05) is 6.54 Å². The molecule has 1 aliphatic heterocycles. The Kier molecular flexibility index (Phi) is 5.15. The molecule has 3 rings (SSSR count). The minimum atomic E-state index is -4.38. The quantitative estimate of drug-likeness (QED) is 0.632. The van der Waals surface area contributed by atoms with Gasteiger partial charge < -0.3 is 4.74 Å². The summed E-state index contributed by atoms with van der Waals surface area (Å²) in [6, 6.07) is 5.73. The maximum atomic E-state index is 13.0. The summed E-state index contributed by atoms with van der Waals surface area (Å²) in [6.07, 6.45) is -2.01. The summed E-state index contributed by atoms with van der Waals surface area (Å²) >= 11 is 0. The molecule has 154 valence electrons. The van der Waals surface area contributed by atoms with Gasteiger partial charge in [0.1, 0.15) is 11.9 Å². The molecule has 2 aromatic rings. The van der Waals surface area contributed by atoms with E-state index in [-0.39, 0.29) is 17.1 Å². The number of aromatic nitrogens is 1. The highest BCUT2D eigenvalue weighted by Gasteiger charge is 2.44. The summed E-state index contributed by atoms with van der Waals surface area (Å²) in [6.45, 7) is 14.1. The van der Waals surface area contributed by atoms with Gasteiger partial charge in [0, 0.05) is 36.1 Å². The number of ether oxygens (including phenoxy) is 1. The molecule has 0 saturated carbocycles. The van der Waals surface area contributed by atoms with Crippen molar-refractivity contribution in [3.63, 3.8) is 0 Å². The molecule has 28 heavy (non-hydrogen) atoms. The van der Waals surface area contributed by atoms with Gasteiger partial charge in [-0.1, -0.05) is 20.8 Å². The van der Waals surface area contributed by atoms with Gasteiger partial charge in [-0.25, -0.2) is 0 Å². The predicted octanol–water partition coefficient (Wildman–Crippen LogP) is 5.92. The van der Waals surface area contributed by atoms with Gasteiger partial charge >= 0.3 is 6.18 Å². The van der Waals surface area contributed by atoms with E-state index in [9.17, 15) is 13.2 Å². The maximum Gasteiger partial charge on any atom is 0.416 e. The second kappa shape index (κ2) is 6.90. The third-order valence-electron chi connectivity index (χ3n) is 5.45. The average molecular weight is 394 g/mol. The van der Waals surface area contributed by atoms with Gasteiger partial charge in [0.25, 0.3) is 0 Å². The van der Waals surface area contributed by atoms with Crippen molar-refractivity contribution in [3.05, 3.63) is 36.0 Å². The number of hydrogen-bond acceptors (Lipinski definition) is 3. The lowest BCUT2D eigenvalue weighted by atomic mass is 9.83. The van der Waals surface area contributed by atoms with Gasteiger partial charge in [-0.2, -0.15) is 13.2 Å². The number of hydrogen-bond donors (Lipinski definition) is 0. The second-order valence-corrected chi connectivity index (χ2v) is 9.72. The summed E-state index contributed by atoms with van der Waals surface area (Å²) < 4.78 is 45.3. The number of fused-ring (bicyclic) bond motifs is 1. The fourth-order valence-electron chi connectivity index (χ4n) is 4.03. The molecule has 1 aromatic heterocycles. The van der Waals surface area contributed by atoms with E-state index in [1.165, 1.54) is 12.3 Å². The van der Waals surface area contributed by atoms with Crippen molar-refractivity contribution in [1.29, 1.82) is 0 Å². The van der Waals surface area contributed by atoms with Crippen LogP contribution in [0.1, 0.15) is 53.5 Å². The standard InChI is InChI=1S/C22H29F3N2O/c1-20(2,3)19-12-15(13-27(19)21(4,5)6)28-18-9-10-26-17-11-14(22(23,24)25)7-8-16(17)18/h7-11,15,19H,12-13H2,1-6H3. The zero-order chi connectivity index (χ0) is 20.9. The van der Waals surface area contributed by atoms with Gasteiger partial charge in [0.2, 0.25) is 0 Å². The van der Waals surface area contributed by atoms with E-state index in [4.69, 9.17) is 4.74 Å². The Morgan fingerprint density at radius 1 is 1.04 bits per heavy atom. The summed E-state index contributed by atoms with van der Waals surface area (Å²) in [4.78, 5) is 6.58. The highest BCUT2D eigenvalue weighted by atomic mass is 19.4. The first-order chi connectivity index (χ1) is 12.8. The molecule has 0 aliphatic carbocycles. The van der Waals surface area contributed by atoms with Crippen LogP contribution in [-0.2, 0) is 6.18 Å². The molecule has 2 atom stereocenters. The Morgan fingerprint density at radius 3 is 2.25 bits per heavy atom. The molecular weight excluding hydrogens is 365 g/mol. The highest BCUT2D eigenvalue weighted by Crippen LogP contribution is 2.39. The molecule has 0 radical (unpaired) electrons. The summed E-state index contributed by atoms with van der Waals surface area (Å²) in [5, 5.41) is 0.608. The van der Waals surface area contributed by atoms with Crippen molar-refractivity contribution in [1.82, 2.24) is 9.88 Å². The van der Waals surface area contributed by atoms with Gasteiger partial charge in [-0.15, -0.1) is 0 Å². The first-order valence-corrected chi connectivity index (χ1v) is 9.66. The third kappa shape index (κ3) is 4.27. The van der Waals surface area contributed by atoms with Crippen LogP contribution in [0, 0.1) is 5.41 Å². The lowest BCUT2D eigenvalue weighted by molar-refractivity contribution is -0.137. The zero-order valence-corrected chi connectivity index (χ0v) is 17.4. The van der Waals surface area contributed by atoms with Crippen LogP contribution >= 0.6 is 0 Å². The van der Waals surface area contributed by atoms with Crippen molar-refractivity contribution in [2.45, 2.75) is 71.8 Å². The van der Waals surface area contributed by atoms with Gasteiger partial charge in [-0.3, -0.25) is 9.88 Å². The van der Waals surface area contributed by atoms with Crippen molar-refractivity contribution in [2.24, 2.45) is 5.41 Å². The topological polar surface area (TPSA) is 25.4 Å². The molecule has 6 heteroatoms. The first-order valence-electron chi connectivity index (χ1n) is 9.66. The molecule has 0 N–H and O–H groups in total. The van der Waals surface area contributed by atoms with Gasteiger partial charge in [0.05, 0.1) is 11.1 Å². The van der Waals surface area contributed by atoms with Crippen molar-refractivity contribution in [3.8, 4) is 5.75 Å². The minimum absolute atomic E-state index is 0.0119. The Balaban J connectivity index is 1.89. The summed E-state index contributed by atoms with van der Waals surface area (Å²) in [7, 11) is 0. The number of nitrogens with zero attached hydrogens (tertiary/aromatic N) is 2. The number of pyridine rings is 1. The SMILES string of the molecule is CC(C)(C)C1CC(Oc2ccnc3cc(C(F)(F)F)ccc23)CN1C(C)(C)C. The van der Waals surface area contributed by atoms with Crippen LogP contribution in [0.2, 0.25) is 0 Å². The average Bonchev–Trinajstić information content (AvgIpc) is 2.98. The number of benzene rings is 1. The predicted molar refractivity (Wildman–Crippen MR) is 105 cm³/mol. The van der Waals surface area contributed by atoms with E-state index in [1.807, 2.05) is 0 Å². The summed E-state index contributed by atoms with van der Waals surface area (Å²) in [5.41, 5.74) is -0.284. The fourth-order valence-corrected chi connectivity index (χ4v) is 4.03. The smallest absolute Gasteiger partial charge is 0.416 e. The molecular formula is C22H29F3N2O. The van der Waals surface area contributed by atoms with Crippen LogP contribution in [0.3, 0.4) is 0 Å². The Labute approximate surface area is 164 Å². The molecule has 2 unspecified atom stereocenters. The number of likely N-dealkylation sites (tertiary alicyclic amines) is 1. The molecule has 2 heterocycles. The van der Waals surface area contributed by atoms with E-state index < -0.39 is 11.7 Å². The van der Waals surface area contributed by atoms with Crippen LogP contribution in [0.5, 0.6) is 5.75 Å². The van der Waals surface area contributed by atoms with Crippen LogP contribution in [0.15, 0.2) is 30.5 Å². The van der Waals surface area contributed by atoms with Gasteiger partial charge in [-0.05, 0) is 50.5 Å². The number of rotatable bonds is 2. The van der Waals surface area contributed by atoms with E-state index in [2.05, 4.69) is 51.4 Å². The monoisotopic (exact) mass is 394 g/mol. The Hall–Kier alpha value is -1.82. The largest absolute Gasteiger partial charge is 0.488 e. The number of halogens is 3. The van der Waals surface area contributed by atoms with E-state index in [1.54, 1.807) is 6.07 Å². The van der Waals surface area contributed by atoms with E-state index >= 15 is 0 Å².